The average molecular weight is 240 g/mol. The van der Waals surface area contributed by atoms with Gasteiger partial charge in [0.1, 0.15) is 5.01 Å². The van der Waals surface area contributed by atoms with Gasteiger partial charge in [0.25, 0.3) is 0 Å². The normalized spacial score (nSPS) is 15.2. The molecule has 0 saturated heterocycles. The first-order valence-corrected chi connectivity index (χ1v) is 6.35. The van der Waals surface area contributed by atoms with E-state index < -0.39 is 0 Å². The van der Waals surface area contributed by atoms with Gasteiger partial charge >= 0.3 is 6.03 Å². The third-order valence-corrected chi connectivity index (χ3v) is 3.26. The number of hydrogen-bond acceptors (Lipinski definition) is 4. The fourth-order valence-corrected chi connectivity index (χ4v) is 2.13. The minimum Gasteiger partial charge on any atom is -0.338 e. The Labute approximate surface area is 98.7 Å². The average Bonchev–Trinajstić information content (AvgIpc) is 2.98. The van der Waals surface area contributed by atoms with Crippen molar-refractivity contribution in [2.75, 3.05) is 11.9 Å². The highest BCUT2D eigenvalue weighted by atomic mass is 32.1. The first-order valence-electron chi connectivity index (χ1n) is 5.53. The van der Waals surface area contributed by atoms with E-state index in [1.54, 1.807) is 0 Å². The Morgan fingerprint density at radius 3 is 2.88 bits per heavy atom. The molecule has 0 atom stereocenters. The Balaban J connectivity index is 1.80. The summed E-state index contributed by atoms with van der Waals surface area (Å²) in [7, 11) is 0. The molecule has 2 rings (SSSR count). The summed E-state index contributed by atoms with van der Waals surface area (Å²) in [5.74, 6) is 1.04. The second kappa shape index (κ2) is 4.78. The molecule has 0 aromatic carbocycles. The van der Waals surface area contributed by atoms with Crippen molar-refractivity contribution in [2.24, 2.45) is 5.92 Å². The molecule has 0 spiro atoms. The van der Waals surface area contributed by atoms with Crippen molar-refractivity contribution >= 4 is 22.5 Å². The van der Waals surface area contributed by atoms with Gasteiger partial charge in [0.15, 0.2) is 0 Å². The molecule has 1 aliphatic rings. The summed E-state index contributed by atoms with van der Waals surface area (Å²) in [6, 6.07) is -0.202. The lowest BCUT2D eigenvalue weighted by Crippen LogP contribution is -2.31. The monoisotopic (exact) mass is 240 g/mol. The van der Waals surface area contributed by atoms with E-state index >= 15 is 0 Å². The maximum absolute atomic E-state index is 11.4. The van der Waals surface area contributed by atoms with Crippen LogP contribution in [0.5, 0.6) is 0 Å². The quantitative estimate of drug-likeness (QED) is 0.847. The first kappa shape index (κ1) is 11.3. The number of aromatic nitrogens is 2. The van der Waals surface area contributed by atoms with Gasteiger partial charge in [-0.25, -0.2) is 4.79 Å². The van der Waals surface area contributed by atoms with Crippen LogP contribution in [0.15, 0.2) is 0 Å². The van der Waals surface area contributed by atoms with Crippen molar-refractivity contribution in [1.29, 1.82) is 0 Å². The van der Waals surface area contributed by atoms with Crippen molar-refractivity contribution < 1.29 is 4.79 Å². The van der Waals surface area contributed by atoms with Crippen LogP contribution in [-0.4, -0.2) is 22.8 Å². The molecule has 88 valence electrons. The fourth-order valence-electron chi connectivity index (χ4n) is 1.22. The van der Waals surface area contributed by atoms with E-state index in [-0.39, 0.29) is 6.03 Å². The number of nitrogens with one attached hydrogen (secondary N) is 2. The van der Waals surface area contributed by atoms with Gasteiger partial charge in [-0.15, -0.1) is 10.2 Å². The van der Waals surface area contributed by atoms with Crippen LogP contribution in [0, 0.1) is 5.92 Å². The number of rotatable bonds is 4. The van der Waals surface area contributed by atoms with E-state index in [2.05, 4.69) is 34.7 Å². The Bertz CT molecular complexity index is 373. The van der Waals surface area contributed by atoms with Crippen LogP contribution in [0.1, 0.15) is 37.6 Å². The number of urea groups is 1. The van der Waals surface area contributed by atoms with Gasteiger partial charge in [-0.1, -0.05) is 25.2 Å². The predicted molar refractivity (Wildman–Crippen MR) is 63.7 cm³/mol. The molecule has 1 aromatic rings. The van der Waals surface area contributed by atoms with E-state index in [1.807, 2.05) is 0 Å². The molecule has 1 heterocycles. The van der Waals surface area contributed by atoms with E-state index in [4.69, 9.17) is 0 Å². The molecule has 16 heavy (non-hydrogen) atoms. The minimum absolute atomic E-state index is 0.202. The molecular weight excluding hydrogens is 224 g/mol. The molecule has 2 amide bonds. The number of carbonyl (C=O) groups is 1. The summed E-state index contributed by atoms with van der Waals surface area (Å²) in [4.78, 5) is 11.4. The van der Waals surface area contributed by atoms with Gasteiger partial charge in [-0.2, -0.15) is 0 Å². The Morgan fingerprint density at radius 1 is 1.50 bits per heavy atom. The molecule has 0 unspecified atom stereocenters. The second-order valence-electron chi connectivity index (χ2n) is 4.45. The SMILES string of the molecule is CC(C)CNC(=O)Nc1nnc(C2CC2)s1. The van der Waals surface area contributed by atoms with E-state index in [0.717, 1.165) is 5.01 Å². The summed E-state index contributed by atoms with van der Waals surface area (Å²) in [5, 5.41) is 15.1. The zero-order valence-electron chi connectivity index (χ0n) is 9.49. The number of nitrogens with zero attached hydrogens (tertiary/aromatic N) is 2. The molecule has 0 bridgehead atoms. The maximum atomic E-state index is 11.4. The van der Waals surface area contributed by atoms with Gasteiger partial charge in [0, 0.05) is 12.5 Å². The zero-order valence-corrected chi connectivity index (χ0v) is 10.3. The third kappa shape index (κ3) is 3.16. The highest BCUT2D eigenvalue weighted by Crippen LogP contribution is 2.41. The molecule has 2 N–H and O–H groups in total. The van der Waals surface area contributed by atoms with Crippen LogP contribution in [0.2, 0.25) is 0 Å². The van der Waals surface area contributed by atoms with Crippen LogP contribution in [0.3, 0.4) is 0 Å². The molecule has 5 nitrogen and oxygen atoms in total. The molecule has 1 aromatic heterocycles. The molecule has 1 saturated carbocycles. The Kier molecular flexibility index (Phi) is 3.38. The van der Waals surface area contributed by atoms with Gasteiger partial charge in [-0.05, 0) is 18.8 Å². The summed E-state index contributed by atoms with van der Waals surface area (Å²) >= 11 is 1.47. The van der Waals surface area contributed by atoms with Crippen LogP contribution in [0.4, 0.5) is 9.93 Å². The fraction of sp³-hybridized carbons (Fsp3) is 0.700. The smallest absolute Gasteiger partial charge is 0.321 e. The molecule has 0 radical (unpaired) electrons. The van der Waals surface area contributed by atoms with E-state index in [9.17, 15) is 4.79 Å². The molecular formula is C10H16N4OS. The predicted octanol–water partition coefficient (Wildman–Crippen LogP) is 2.19. The zero-order chi connectivity index (χ0) is 11.5. The Morgan fingerprint density at radius 2 is 2.25 bits per heavy atom. The summed E-state index contributed by atoms with van der Waals surface area (Å²) in [6.07, 6.45) is 2.41. The van der Waals surface area contributed by atoms with Gasteiger partial charge < -0.3 is 5.32 Å². The number of hydrogen-bond donors (Lipinski definition) is 2. The van der Waals surface area contributed by atoms with Gasteiger partial charge in [0.05, 0.1) is 0 Å². The highest BCUT2D eigenvalue weighted by Gasteiger charge is 2.27. The summed E-state index contributed by atoms with van der Waals surface area (Å²) in [5.41, 5.74) is 0. The maximum Gasteiger partial charge on any atom is 0.321 e. The van der Waals surface area contributed by atoms with Crippen molar-refractivity contribution in [1.82, 2.24) is 15.5 Å². The lowest BCUT2D eigenvalue weighted by atomic mass is 10.2. The van der Waals surface area contributed by atoms with Gasteiger partial charge in [0.2, 0.25) is 5.13 Å². The van der Waals surface area contributed by atoms with E-state index in [0.29, 0.717) is 23.5 Å². The molecule has 1 aliphatic carbocycles. The van der Waals surface area contributed by atoms with Crippen LogP contribution in [0.25, 0.3) is 0 Å². The minimum atomic E-state index is -0.202. The first-order chi connectivity index (χ1) is 7.65. The highest BCUT2D eigenvalue weighted by molar-refractivity contribution is 7.15. The second-order valence-corrected chi connectivity index (χ2v) is 5.46. The summed E-state index contributed by atoms with van der Waals surface area (Å²) < 4.78 is 0. The number of anilines is 1. The van der Waals surface area contributed by atoms with E-state index in [1.165, 1.54) is 24.2 Å². The van der Waals surface area contributed by atoms with Crippen molar-refractivity contribution in [3.8, 4) is 0 Å². The largest absolute Gasteiger partial charge is 0.338 e. The van der Waals surface area contributed by atoms with Crippen LogP contribution in [-0.2, 0) is 0 Å². The number of carbonyl (C=O) groups excluding carboxylic acids is 1. The van der Waals surface area contributed by atoms with Crippen LogP contribution >= 0.6 is 11.3 Å². The molecule has 1 fully saturated rings. The van der Waals surface area contributed by atoms with Crippen LogP contribution < -0.4 is 10.6 Å². The lowest BCUT2D eigenvalue weighted by Gasteiger charge is -2.06. The van der Waals surface area contributed by atoms with Crippen molar-refractivity contribution in [3.63, 3.8) is 0 Å². The van der Waals surface area contributed by atoms with Crippen molar-refractivity contribution in [2.45, 2.75) is 32.6 Å². The Hall–Kier alpha value is -1.17. The standard InChI is InChI=1S/C10H16N4OS/c1-6(2)5-11-9(15)12-10-14-13-8(16-10)7-3-4-7/h6-7H,3-5H2,1-2H3,(H2,11,12,14,15). The van der Waals surface area contributed by atoms with Gasteiger partial charge in [-0.3, -0.25) is 5.32 Å². The summed E-state index contributed by atoms with van der Waals surface area (Å²) in [6.45, 7) is 4.77. The lowest BCUT2D eigenvalue weighted by molar-refractivity contribution is 0.251. The third-order valence-electron chi connectivity index (χ3n) is 2.26. The number of amides is 2. The topological polar surface area (TPSA) is 66.9 Å². The van der Waals surface area contributed by atoms with Crippen molar-refractivity contribution in [3.05, 3.63) is 5.01 Å². The molecule has 6 heteroatoms. The molecule has 0 aliphatic heterocycles.